The summed E-state index contributed by atoms with van der Waals surface area (Å²) in [7, 11) is 0. The van der Waals surface area contributed by atoms with Crippen molar-refractivity contribution in [2.75, 3.05) is 26.2 Å². The first-order chi connectivity index (χ1) is 17.4. The molecule has 36 heavy (non-hydrogen) atoms. The van der Waals surface area contributed by atoms with Crippen LogP contribution in [-0.4, -0.2) is 58.3 Å². The number of nitrogens with two attached hydrogens (primary N) is 1. The molecule has 0 spiro atoms. The Morgan fingerprint density at radius 3 is 2.22 bits per heavy atom. The Morgan fingerprint density at radius 2 is 1.58 bits per heavy atom. The summed E-state index contributed by atoms with van der Waals surface area (Å²) in [5.74, 6) is -0.196. The quantitative estimate of drug-likeness (QED) is 0.489. The van der Waals surface area contributed by atoms with Gasteiger partial charge in [-0.2, -0.15) is 0 Å². The molecule has 9 heteroatoms. The third-order valence-corrected chi connectivity index (χ3v) is 7.92. The molecular weight excluding hydrogens is 499 g/mol. The van der Waals surface area contributed by atoms with Gasteiger partial charge in [0, 0.05) is 29.2 Å². The van der Waals surface area contributed by atoms with E-state index in [2.05, 4.69) is 9.88 Å². The molecular formula is C27H28Cl2N4O3. The van der Waals surface area contributed by atoms with Crippen LogP contribution in [-0.2, 0) is 4.79 Å². The second kappa shape index (κ2) is 10.2. The van der Waals surface area contributed by atoms with Gasteiger partial charge in [-0.3, -0.25) is 14.5 Å². The third-order valence-electron chi connectivity index (χ3n) is 7.34. The van der Waals surface area contributed by atoms with Crippen LogP contribution in [0.3, 0.4) is 0 Å². The van der Waals surface area contributed by atoms with E-state index in [9.17, 15) is 9.59 Å². The molecule has 3 heterocycles. The van der Waals surface area contributed by atoms with Crippen LogP contribution in [0.2, 0.25) is 10.0 Å². The lowest BCUT2D eigenvalue weighted by Gasteiger charge is -2.47. The summed E-state index contributed by atoms with van der Waals surface area (Å²) in [4.78, 5) is 34.6. The van der Waals surface area contributed by atoms with Crippen molar-refractivity contribution >= 4 is 35.0 Å². The average Bonchev–Trinajstić information content (AvgIpc) is 3.34. The predicted octanol–water partition coefficient (Wildman–Crippen LogP) is 5.26. The molecule has 2 saturated heterocycles. The smallest absolute Gasteiger partial charge is 0.309 e. The van der Waals surface area contributed by atoms with Gasteiger partial charge in [0.15, 0.2) is 5.76 Å². The fourth-order valence-corrected chi connectivity index (χ4v) is 5.65. The zero-order chi connectivity index (χ0) is 25.3. The van der Waals surface area contributed by atoms with Gasteiger partial charge in [-0.25, -0.2) is 4.98 Å². The molecule has 1 aromatic heterocycles. The van der Waals surface area contributed by atoms with Gasteiger partial charge in [0.2, 0.25) is 5.91 Å². The largest absolute Gasteiger partial charge is 0.432 e. The minimum Gasteiger partial charge on any atom is -0.432 e. The Hall–Kier alpha value is -2.87. The summed E-state index contributed by atoms with van der Waals surface area (Å²) in [6.45, 7) is 2.53. The van der Waals surface area contributed by atoms with Crippen molar-refractivity contribution in [3.05, 3.63) is 64.5 Å². The van der Waals surface area contributed by atoms with Crippen LogP contribution in [0.15, 0.2) is 52.9 Å². The van der Waals surface area contributed by atoms with Crippen molar-refractivity contribution in [1.29, 1.82) is 0 Å². The summed E-state index contributed by atoms with van der Waals surface area (Å²) in [6, 6.07) is 14.5. The van der Waals surface area contributed by atoms with E-state index in [-0.39, 0.29) is 17.7 Å². The number of benzene rings is 2. The number of halogens is 2. The number of hydrogen-bond acceptors (Lipinski definition) is 5. The monoisotopic (exact) mass is 526 g/mol. The number of hydrogen-bond donors (Lipinski definition) is 1. The molecule has 0 bridgehead atoms. The Kier molecular flexibility index (Phi) is 7.06. The van der Waals surface area contributed by atoms with Crippen LogP contribution in [0, 0.1) is 0 Å². The van der Waals surface area contributed by atoms with Crippen molar-refractivity contribution in [2.24, 2.45) is 5.73 Å². The summed E-state index contributed by atoms with van der Waals surface area (Å²) in [5.41, 5.74) is 7.09. The van der Waals surface area contributed by atoms with Crippen molar-refractivity contribution in [1.82, 2.24) is 14.8 Å². The van der Waals surface area contributed by atoms with Crippen LogP contribution in [0.25, 0.3) is 22.6 Å². The molecule has 2 aliphatic rings. The van der Waals surface area contributed by atoms with Crippen molar-refractivity contribution in [3.8, 4) is 22.6 Å². The molecule has 0 atom stereocenters. The van der Waals surface area contributed by atoms with Gasteiger partial charge >= 0.3 is 5.91 Å². The zero-order valence-corrected chi connectivity index (χ0v) is 21.4. The first-order valence-corrected chi connectivity index (χ1v) is 13.0. The van der Waals surface area contributed by atoms with Crippen molar-refractivity contribution < 1.29 is 14.0 Å². The lowest BCUT2D eigenvalue weighted by Crippen LogP contribution is -2.63. The minimum atomic E-state index is -0.703. The highest BCUT2D eigenvalue weighted by molar-refractivity contribution is 6.33. The summed E-state index contributed by atoms with van der Waals surface area (Å²) in [6.07, 6.45) is 4.29. The van der Waals surface area contributed by atoms with E-state index in [1.807, 2.05) is 30.3 Å². The van der Waals surface area contributed by atoms with Gasteiger partial charge in [-0.1, -0.05) is 47.8 Å². The number of primary amides is 1. The zero-order valence-electron chi connectivity index (χ0n) is 19.9. The molecule has 2 amide bonds. The Labute approximate surface area is 220 Å². The number of oxazole rings is 1. The molecule has 0 saturated carbocycles. The fraction of sp³-hybridized carbons (Fsp3) is 0.370. The normalized spacial score (nSPS) is 18.2. The van der Waals surface area contributed by atoms with E-state index in [0.29, 0.717) is 53.0 Å². The Bertz CT molecular complexity index is 1260. The number of aromatic nitrogens is 1. The highest BCUT2D eigenvalue weighted by atomic mass is 35.5. The summed E-state index contributed by atoms with van der Waals surface area (Å²) >= 11 is 12.5. The van der Waals surface area contributed by atoms with Gasteiger partial charge in [-0.15, -0.1) is 0 Å². The molecule has 0 radical (unpaired) electrons. The molecule has 2 N–H and O–H groups in total. The average molecular weight is 527 g/mol. The first-order valence-electron chi connectivity index (χ1n) is 12.2. The van der Waals surface area contributed by atoms with E-state index in [1.54, 1.807) is 23.1 Å². The lowest BCUT2D eigenvalue weighted by atomic mass is 9.83. The lowest BCUT2D eigenvalue weighted by molar-refractivity contribution is -0.134. The summed E-state index contributed by atoms with van der Waals surface area (Å²) in [5, 5.41) is 1.10. The molecule has 2 fully saturated rings. The molecule has 188 valence electrons. The van der Waals surface area contributed by atoms with Gasteiger partial charge in [0.1, 0.15) is 11.2 Å². The van der Waals surface area contributed by atoms with E-state index >= 15 is 0 Å². The number of amides is 2. The van der Waals surface area contributed by atoms with Crippen molar-refractivity contribution in [3.63, 3.8) is 0 Å². The number of piperidine rings is 2. The second-order valence-corrected chi connectivity index (χ2v) is 10.3. The molecule has 2 aliphatic heterocycles. The second-order valence-electron chi connectivity index (χ2n) is 9.42. The predicted molar refractivity (Wildman–Crippen MR) is 140 cm³/mol. The maximum absolute atomic E-state index is 13.5. The van der Waals surface area contributed by atoms with Crippen LogP contribution in [0.1, 0.15) is 42.8 Å². The van der Waals surface area contributed by atoms with Gasteiger partial charge in [0.25, 0.3) is 5.89 Å². The molecule has 0 unspecified atom stereocenters. The first kappa shape index (κ1) is 24.8. The van der Waals surface area contributed by atoms with Crippen LogP contribution in [0.4, 0.5) is 0 Å². The Balaban J connectivity index is 1.43. The number of carbonyl (C=O) groups excluding carboxylic acids is 2. The maximum atomic E-state index is 13.5. The van der Waals surface area contributed by atoms with E-state index in [1.165, 1.54) is 6.42 Å². The van der Waals surface area contributed by atoms with Crippen LogP contribution in [0.5, 0.6) is 0 Å². The van der Waals surface area contributed by atoms with Crippen LogP contribution < -0.4 is 5.73 Å². The number of nitrogens with zero attached hydrogens (tertiary/aromatic N) is 3. The topological polar surface area (TPSA) is 92.7 Å². The standard InChI is InChI=1S/C27H28Cl2N4O3/c28-19-10-8-18(9-11-19)23-22(20-6-2-3-7-21(20)29)31-24(36-23)25(34)32-16-12-27(13-17-32,26(30)35)33-14-4-1-5-15-33/h2-3,6-11H,1,4-5,12-17H2,(H2,30,35). The molecule has 3 aromatic rings. The maximum Gasteiger partial charge on any atom is 0.309 e. The highest BCUT2D eigenvalue weighted by Crippen LogP contribution is 2.38. The van der Waals surface area contributed by atoms with Crippen LogP contribution >= 0.6 is 23.2 Å². The van der Waals surface area contributed by atoms with Crippen molar-refractivity contribution in [2.45, 2.75) is 37.6 Å². The van der Waals surface area contributed by atoms with E-state index in [0.717, 1.165) is 31.5 Å². The summed E-state index contributed by atoms with van der Waals surface area (Å²) < 4.78 is 6.07. The van der Waals surface area contributed by atoms with E-state index < -0.39 is 5.54 Å². The Morgan fingerprint density at radius 1 is 0.917 bits per heavy atom. The minimum absolute atomic E-state index is 0.0144. The van der Waals surface area contributed by atoms with E-state index in [4.69, 9.17) is 33.4 Å². The third kappa shape index (κ3) is 4.63. The molecule has 0 aliphatic carbocycles. The highest BCUT2D eigenvalue weighted by Gasteiger charge is 2.46. The molecule has 2 aromatic carbocycles. The number of rotatable bonds is 5. The number of carbonyl (C=O) groups is 2. The van der Waals surface area contributed by atoms with Gasteiger partial charge in [0.05, 0.1) is 5.02 Å². The number of likely N-dealkylation sites (tertiary alicyclic amines) is 2. The fourth-order valence-electron chi connectivity index (χ4n) is 5.30. The molecule has 7 nitrogen and oxygen atoms in total. The van der Waals surface area contributed by atoms with Gasteiger partial charge in [-0.05, 0) is 69.1 Å². The van der Waals surface area contributed by atoms with Gasteiger partial charge < -0.3 is 15.1 Å². The SMILES string of the molecule is NC(=O)C1(N2CCCCC2)CCN(C(=O)c2nc(-c3ccccc3Cl)c(-c3ccc(Cl)cc3)o2)CC1. The molecule has 5 rings (SSSR count).